The Kier molecular flexibility index (Phi) is 2.85. The van der Waals surface area contributed by atoms with Gasteiger partial charge in [-0.1, -0.05) is 12.1 Å². The highest BCUT2D eigenvalue weighted by Crippen LogP contribution is 2.23. The van der Waals surface area contributed by atoms with Crippen LogP contribution >= 0.6 is 0 Å². The van der Waals surface area contributed by atoms with Gasteiger partial charge in [0.2, 0.25) is 5.90 Å². The fraction of sp³-hybridized carbons (Fsp3) is 0.273. The van der Waals surface area contributed by atoms with Crippen LogP contribution in [0.2, 0.25) is 0 Å². The third-order valence-electron chi connectivity index (χ3n) is 2.14. The van der Waals surface area contributed by atoms with Crippen molar-refractivity contribution in [3.8, 4) is 0 Å². The second-order valence-corrected chi connectivity index (χ2v) is 3.26. The molecule has 0 N–H and O–H groups in total. The van der Waals surface area contributed by atoms with Crippen LogP contribution in [0.25, 0.3) is 0 Å². The lowest BCUT2D eigenvalue weighted by atomic mass is 10.3. The molecule has 1 amide bonds. The van der Waals surface area contributed by atoms with Crippen LogP contribution in [0.4, 0.5) is 10.1 Å². The van der Waals surface area contributed by atoms with Gasteiger partial charge >= 0.3 is 0 Å². The van der Waals surface area contributed by atoms with Gasteiger partial charge in [0.25, 0.3) is 5.91 Å². The Hall–Kier alpha value is -1.91. The van der Waals surface area contributed by atoms with Crippen molar-refractivity contribution in [1.82, 2.24) is 0 Å². The molecule has 1 aromatic carbocycles. The van der Waals surface area contributed by atoms with Crippen LogP contribution in [-0.2, 0) is 9.53 Å². The number of hydrazone groups is 1. The minimum absolute atomic E-state index is 0.0855. The maximum absolute atomic E-state index is 13.4. The normalized spacial score (nSPS) is 15.2. The average molecular weight is 222 g/mol. The molecule has 0 spiro atoms. The van der Waals surface area contributed by atoms with E-state index in [1.54, 1.807) is 19.1 Å². The highest BCUT2D eigenvalue weighted by molar-refractivity contribution is 6.10. The molecule has 1 aromatic rings. The minimum atomic E-state index is -0.475. The molecule has 0 radical (unpaired) electrons. The van der Waals surface area contributed by atoms with E-state index in [9.17, 15) is 9.18 Å². The predicted molar refractivity (Wildman–Crippen MR) is 57.6 cm³/mol. The number of carbonyl (C=O) groups is 1. The number of rotatable bonds is 2. The fourth-order valence-corrected chi connectivity index (χ4v) is 1.47. The lowest BCUT2D eigenvalue weighted by Crippen LogP contribution is -2.20. The van der Waals surface area contributed by atoms with Crippen LogP contribution in [0, 0.1) is 5.82 Å². The molecular formula is C11H11FN2O2. The zero-order chi connectivity index (χ0) is 11.5. The summed E-state index contributed by atoms with van der Waals surface area (Å²) in [5.41, 5.74) is 0.155. The van der Waals surface area contributed by atoms with E-state index in [2.05, 4.69) is 5.10 Å². The quantitative estimate of drug-likeness (QED) is 0.767. The van der Waals surface area contributed by atoms with Crippen LogP contribution in [-0.4, -0.2) is 18.4 Å². The van der Waals surface area contributed by atoms with E-state index in [1.165, 1.54) is 12.1 Å². The number of hydrogen-bond donors (Lipinski definition) is 0. The zero-order valence-electron chi connectivity index (χ0n) is 8.81. The summed E-state index contributed by atoms with van der Waals surface area (Å²) in [5.74, 6) is -0.429. The molecule has 4 nitrogen and oxygen atoms in total. The second-order valence-electron chi connectivity index (χ2n) is 3.26. The topological polar surface area (TPSA) is 41.9 Å². The van der Waals surface area contributed by atoms with Gasteiger partial charge < -0.3 is 4.74 Å². The number of anilines is 1. The summed E-state index contributed by atoms with van der Waals surface area (Å²) < 4.78 is 18.6. The molecule has 0 aliphatic carbocycles. The Morgan fingerprint density at radius 3 is 2.94 bits per heavy atom. The molecule has 16 heavy (non-hydrogen) atoms. The molecule has 1 heterocycles. The van der Waals surface area contributed by atoms with Crippen molar-refractivity contribution >= 4 is 17.5 Å². The Bertz CT molecular complexity index is 445. The highest BCUT2D eigenvalue weighted by atomic mass is 19.1. The van der Waals surface area contributed by atoms with Crippen molar-refractivity contribution in [3.05, 3.63) is 30.1 Å². The maximum Gasteiger partial charge on any atom is 0.256 e. The van der Waals surface area contributed by atoms with Gasteiger partial charge in [-0.05, 0) is 19.1 Å². The summed E-state index contributed by atoms with van der Waals surface area (Å²) in [4.78, 5) is 11.6. The number of ether oxygens (including phenoxy) is 1. The number of halogens is 1. The first kappa shape index (κ1) is 10.6. The lowest BCUT2D eigenvalue weighted by Gasteiger charge is -2.11. The Labute approximate surface area is 92.3 Å². The van der Waals surface area contributed by atoms with E-state index in [4.69, 9.17) is 4.74 Å². The third-order valence-corrected chi connectivity index (χ3v) is 2.14. The van der Waals surface area contributed by atoms with Gasteiger partial charge in [-0.25, -0.2) is 4.39 Å². The largest absolute Gasteiger partial charge is 0.480 e. The maximum atomic E-state index is 13.4. The summed E-state index contributed by atoms with van der Waals surface area (Å²) in [7, 11) is 0. The first-order valence-electron chi connectivity index (χ1n) is 5.00. The summed E-state index contributed by atoms with van der Waals surface area (Å²) in [6.45, 7) is 2.25. The van der Waals surface area contributed by atoms with Gasteiger partial charge in [-0.3, -0.25) is 4.79 Å². The van der Waals surface area contributed by atoms with E-state index in [0.717, 1.165) is 5.01 Å². The first-order chi connectivity index (χ1) is 7.72. The molecule has 0 saturated carbocycles. The van der Waals surface area contributed by atoms with Crippen molar-refractivity contribution in [3.63, 3.8) is 0 Å². The number of para-hydroxylation sites is 1. The molecule has 0 fully saturated rings. The third kappa shape index (κ3) is 1.88. The highest BCUT2D eigenvalue weighted by Gasteiger charge is 2.27. The van der Waals surface area contributed by atoms with Gasteiger partial charge in [0, 0.05) is 0 Å². The number of benzene rings is 1. The Morgan fingerprint density at radius 1 is 1.50 bits per heavy atom. The smallest absolute Gasteiger partial charge is 0.256 e. The van der Waals surface area contributed by atoms with Crippen LogP contribution in [0.5, 0.6) is 0 Å². The van der Waals surface area contributed by atoms with E-state index in [0.29, 0.717) is 12.5 Å². The van der Waals surface area contributed by atoms with Crippen LogP contribution in [0.3, 0.4) is 0 Å². The van der Waals surface area contributed by atoms with E-state index in [1.807, 2.05) is 0 Å². The van der Waals surface area contributed by atoms with Crippen LogP contribution in [0.1, 0.15) is 13.3 Å². The molecule has 84 valence electrons. The standard InChI is InChI=1S/C11H11FN2O2/c1-2-16-10-7-11(15)14(13-10)9-6-4-3-5-8(9)12/h3-6H,2,7H2,1H3. The van der Waals surface area contributed by atoms with E-state index in [-0.39, 0.29) is 18.0 Å². The van der Waals surface area contributed by atoms with Crippen LogP contribution < -0.4 is 5.01 Å². The summed E-state index contributed by atoms with van der Waals surface area (Å²) in [5, 5.41) is 4.97. The molecular weight excluding hydrogens is 211 g/mol. The molecule has 0 saturated heterocycles. The van der Waals surface area contributed by atoms with E-state index >= 15 is 0 Å². The lowest BCUT2D eigenvalue weighted by molar-refractivity contribution is -0.117. The van der Waals surface area contributed by atoms with Gasteiger partial charge in [0.15, 0.2) is 0 Å². The number of carbonyl (C=O) groups excluding carboxylic acids is 1. The summed E-state index contributed by atoms with van der Waals surface area (Å²) in [6, 6.07) is 6.01. The Morgan fingerprint density at radius 2 is 2.25 bits per heavy atom. The summed E-state index contributed by atoms with van der Waals surface area (Å²) in [6.07, 6.45) is 0.0855. The molecule has 0 aromatic heterocycles. The predicted octanol–water partition coefficient (Wildman–Crippen LogP) is 1.91. The molecule has 0 unspecified atom stereocenters. The van der Waals surface area contributed by atoms with Gasteiger partial charge in [-0.15, -0.1) is 5.10 Å². The Balaban J connectivity index is 2.28. The molecule has 0 bridgehead atoms. The summed E-state index contributed by atoms with van der Waals surface area (Å²) >= 11 is 0. The number of amides is 1. The van der Waals surface area contributed by atoms with Crippen molar-refractivity contribution < 1.29 is 13.9 Å². The molecule has 1 aliphatic rings. The zero-order valence-corrected chi connectivity index (χ0v) is 8.81. The monoisotopic (exact) mass is 222 g/mol. The van der Waals surface area contributed by atoms with Crippen molar-refractivity contribution in [2.24, 2.45) is 5.10 Å². The molecule has 1 aliphatic heterocycles. The molecule has 5 heteroatoms. The SMILES string of the molecule is CCOC1=NN(c2ccccc2F)C(=O)C1. The molecule has 0 atom stereocenters. The van der Waals surface area contributed by atoms with Gasteiger partial charge in [-0.2, -0.15) is 5.01 Å². The minimum Gasteiger partial charge on any atom is -0.480 e. The van der Waals surface area contributed by atoms with Crippen molar-refractivity contribution in [2.45, 2.75) is 13.3 Å². The molecule has 2 rings (SSSR count). The van der Waals surface area contributed by atoms with Crippen LogP contribution in [0.15, 0.2) is 29.4 Å². The number of hydrogen-bond acceptors (Lipinski definition) is 3. The average Bonchev–Trinajstić information content (AvgIpc) is 2.61. The van der Waals surface area contributed by atoms with Crippen molar-refractivity contribution in [1.29, 1.82) is 0 Å². The van der Waals surface area contributed by atoms with E-state index < -0.39 is 5.82 Å². The van der Waals surface area contributed by atoms with Gasteiger partial charge in [0.05, 0.1) is 6.61 Å². The number of nitrogens with zero attached hydrogens (tertiary/aromatic N) is 2. The first-order valence-corrected chi connectivity index (χ1v) is 5.00. The second kappa shape index (κ2) is 4.30. The van der Waals surface area contributed by atoms with Gasteiger partial charge in [0.1, 0.15) is 17.9 Å². The van der Waals surface area contributed by atoms with Crippen molar-refractivity contribution in [2.75, 3.05) is 11.6 Å². The fourth-order valence-electron chi connectivity index (χ4n) is 1.47.